The third-order valence-corrected chi connectivity index (χ3v) is 6.47. The second-order valence-corrected chi connectivity index (χ2v) is 8.44. The van der Waals surface area contributed by atoms with Gasteiger partial charge in [0, 0.05) is 24.2 Å². The smallest absolute Gasteiger partial charge is 0.206 e. The standard InChI is InChI=1S/C22H24N4OS2/c1-3-10-23-22-26(20(16-29-22)21-5-4-15-28-21)24-17(2)18-6-8-19(9-7-18)25-11-13-27-14-12-25/h3-9,15-16H,1,10-14H2,2H3. The Hall–Kier alpha value is -2.48. The molecular formula is C22H24N4OS2. The fourth-order valence-corrected chi connectivity index (χ4v) is 4.82. The quantitative estimate of drug-likeness (QED) is 0.433. The molecule has 1 aliphatic heterocycles. The average molecular weight is 425 g/mol. The molecule has 4 rings (SSSR count). The number of anilines is 1. The van der Waals surface area contributed by atoms with E-state index >= 15 is 0 Å². The van der Waals surface area contributed by atoms with Gasteiger partial charge < -0.3 is 9.64 Å². The van der Waals surface area contributed by atoms with Gasteiger partial charge in [0.05, 0.1) is 36.0 Å². The van der Waals surface area contributed by atoms with Crippen LogP contribution in [0.15, 0.2) is 69.9 Å². The largest absolute Gasteiger partial charge is 0.378 e. The molecule has 1 aliphatic rings. The van der Waals surface area contributed by atoms with Crippen molar-refractivity contribution in [2.75, 3.05) is 37.7 Å². The van der Waals surface area contributed by atoms with Crippen LogP contribution in [0.1, 0.15) is 12.5 Å². The highest BCUT2D eigenvalue weighted by atomic mass is 32.1. The van der Waals surface area contributed by atoms with Crippen molar-refractivity contribution in [3.8, 4) is 10.6 Å². The Morgan fingerprint density at radius 1 is 1.17 bits per heavy atom. The molecule has 0 atom stereocenters. The van der Waals surface area contributed by atoms with E-state index in [0.29, 0.717) is 6.54 Å². The first-order valence-corrected chi connectivity index (χ1v) is 11.4. The number of thiazole rings is 1. The molecule has 1 fully saturated rings. The first kappa shape index (κ1) is 19.8. The van der Waals surface area contributed by atoms with E-state index in [1.807, 2.05) is 11.6 Å². The van der Waals surface area contributed by atoms with E-state index in [0.717, 1.165) is 48.1 Å². The molecule has 0 spiro atoms. The van der Waals surface area contributed by atoms with Crippen LogP contribution in [0.5, 0.6) is 0 Å². The van der Waals surface area contributed by atoms with Crippen LogP contribution in [-0.2, 0) is 4.74 Å². The van der Waals surface area contributed by atoms with Crippen LogP contribution in [0, 0.1) is 0 Å². The molecule has 150 valence electrons. The molecule has 7 heteroatoms. The van der Waals surface area contributed by atoms with Crippen molar-refractivity contribution in [2.24, 2.45) is 10.1 Å². The second kappa shape index (κ2) is 9.35. The van der Waals surface area contributed by atoms with E-state index < -0.39 is 0 Å². The van der Waals surface area contributed by atoms with E-state index in [-0.39, 0.29) is 0 Å². The number of rotatable bonds is 6. The molecule has 0 unspecified atom stereocenters. The minimum absolute atomic E-state index is 0.577. The highest BCUT2D eigenvalue weighted by Crippen LogP contribution is 2.25. The van der Waals surface area contributed by atoms with Gasteiger partial charge in [-0.1, -0.05) is 24.3 Å². The lowest BCUT2D eigenvalue weighted by Crippen LogP contribution is -2.36. The Balaban J connectivity index is 1.66. The number of morpholine rings is 1. The first-order chi connectivity index (χ1) is 14.3. The van der Waals surface area contributed by atoms with Gasteiger partial charge in [-0.05, 0) is 36.1 Å². The summed E-state index contributed by atoms with van der Waals surface area (Å²) < 4.78 is 7.40. The lowest BCUT2D eigenvalue weighted by atomic mass is 10.1. The zero-order valence-corrected chi connectivity index (χ0v) is 18.1. The summed E-state index contributed by atoms with van der Waals surface area (Å²) >= 11 is 3.31. The molecule has 3 aromatic rings. The average Bonchev–Trinajstić information content (AvgIpc) is 3.43. The van der Waals surface area contributed by atoms with Crippen molar-refractivity contribution in [3.63, 3.8) is 0 Å². The van der Waals surface area contributed by atoms with Gasteiger partial charge in [0.2, 0.25) is 4.80 Å². The monoisotopic (exact) mass is 424 g/mol. The first-order valence-electron chi connectivity index (χ1n) is 9.61. The molecule has 0 radical (unpaired) electrons. The van der Waals surface area contributed by atoms with E-state index in [9.17, 15) is 0 Å². The maximum atomic E-state index is 5.45. The van der Waals surface area contributed by atoms with Gasteiger partial charge in [-0.2, -0.15) is 5.10 Å². The molecule has 0 aliphatic carbocycles. The van der Waals surface area contributed by atoms with Gasteiger partial charge in [0.25, 0.3) is 0 Å². The predicted molar refractivity (Wildman–Crippen MR) is 123 cm³/mol. The topological polar surface area (TPSA) is 42.1 Å². The molecule has 2 aromatic heterocycles. The molecule has 29 heavy (non-hydrogen) atoms. The number of ether oxygens (including phenoxy) is 1. The van der Waals surface area contributed by atoms with Crippen molar-refractivity contribution in [1.29, 1.82) is 0 Å². The summed E-state index contributed by atoms with van der Waals surface area (Å²) in [5.41, 5.74) is 4.35. The van der Waals surface area contributed by atoms with Crippen molar-refractivity contribution < 1.29 is 4.74 Å². The van der Waals surface area contributed by atoms with Crippen LogP contribution in [0.2, 0.25) is 0 Å². The summed E-state index contributed by atoms with van der Waals surface area (Å²) in [6.07, 6.45) is 1.80. The van der Waals surface area contributed by atoms with E-state index in [1.54, 1.807) is 28.7 Å². The summed E-state index contributed by atoms with van der Waals surface area (Å²) in [6, 6.07) is 12.8. The van der Waals surface area contributed by atoms with E-state index in [1.165, 1.54) is 10.6 Å². The summed E-state index contributed by atoms with van der Waals surface area (Å²) in [7, 11) is 0. The minimum Gasteiger partial charge on any atom is -0.378 e. The van der Waals surface area contributed by atoms with Gasteiger partial charge in [-0.3, -0.25) is 4.99 Å². The Morgan fingerprint density at radius 2 is 1.97 bits per heavy atom. The fourth-order valence-electron chi connectivity index (χ4n) is 3.18. The van der Waals surface area contributed by atoms with Crippen molar-refractivity contribution >= 4 is 34.1 Å². The Bertz CT molecular complexity index is 1040. The SMILES string of the molecule is C=CCN=c1scc(-c2cccs2)n1N=C(C)c1ccc(N2CCOCC2)cc1. The van der Waals surface area contributed by atoms with Crippen LogP contribution in [0.4, 0.5) is 5.69 Å². The zero-order valence-electron chi connectivity index (χ0n) is 16.5. The highest BCUT2D eigenvalue weighted by molar-refractivity contribution is 7.14. The summed E-state index contributed by atoms with van der Waals surface area (Å²) in [5.74, 6) is 0. The van der Waals surface area contributed by atoms with Gasteiger partial charge in [0.1, 0.15) is 0 Å². The lowest BCUT2D eigenvalue weighted by molar-refractivity contribution is 0.122. The predicted octanol–water partition coefficient (Wildman–Crippen LogP) is 4.47. The summed E-state index contributed by atoms with van der Waals surface area (Å²) in [4.78, 5) is 9.03. The minimum atomic E-state index is 0.577. The van der Waals surface area contributed by atoms with Crippen molar-refractivity contribution in [3.05, 3.63) is 70.2 Å². The summed E-state index contributed by atoms with van der Waals surface area (Å²) in [6.45, 7) is 9.86. The summed E-state index contributed by atoms with van der Waals surface area (Å²) in [5, 5.41) is 9.13. The van der Waals surface area contributed by atoms with Gasteiger partial charge in [-0.25, -0.2) is 4.68 Å². The van der Waals surface area contributed by atoms with Crippen LogP contribution in [0.25, 0.3) is 10.6 Å². The molecule has 0 bridgehead atoms. The van der Waals surface area contributed by atoms with Crippen molar-refractivity contribution in [1.82, 2.24) is 4.68 Å². The number of hydrogen-bond donors (Lipinski definition) is 0. The number of hydrogen-bond acceptors (Lipinski definition) is 6. The number of nitrogens with zero attached hydrogens (tertiary/aromatic N) is 4. The Kier molecular flexibility index (Phi) is 6.39. The Morgan fingerprint density at radius 3 is 2.66 bits per heavy atom. The van der Waals surface area contributed by atoms with E-state index in [2.05, 4.69) is 63.6 Å². The van der Waals surface area contributed by atoms with Gasteiger partial charge in [0.15, 0.2) is 0 Å². The highest BCUT2D eigenvalue weighted by Gasteiger charge is 2.12. The van der Waals surface area contributed by atoms with E-state index in [4.69, 9.17) is 9.84 Å². The third-order valence-electron chi connectivity index (χ3n) is 4.73. The van der Waals surface area contributed by atoms with Crippen LogP contribution in [-0.4, -0.2) is 43.2 Å². The molecule has 0 N–H and O–H groups in total. The molecule has 1 aromatic carbocycles. The third kappa shape index (κ3) is 4.58. The fraction of sp³-hybridized carbons (Fsp3) is 0.273. The van der Waals surface area contributed by atoms with Crippen LogP contribution < -0.4 is 9.70 Å². The second-order valence-electron chi connectivity index (χ2n) is 6.65. The molecular weight excluding hydrogens is 400 g/mol. The number of thiophene rings is 1. The number of aromatic nitrogens is 1. The molecule has 0 saturated carbocycles. The van der Waals surface area contributed by atoms with Gasteiger partial charge in [-0.15, -0.1) is 29.3 Å². The molecule has 1 saturated heterocycles. The maximum absolute atomic E-state index is 5.45. The van der Waals surface area contributed by atoms with Crippen LogP contribution in [0.3, 0.4) is 0 Å². The number of benzene rings is 1. The van der Waals surface area contributed by atoms with Crippen molar-refractivity contribution in [2.45, 2.75) is 6.92 Å². The lowest BCUT2D eigenvalue weighted by Gasteiger charge is -2.28. The normalized spacial score (nSPS) is 15.7. The zero-order chi connectivity index (χ0) is 20.1. The molecule has 3 heterocycles. The van der Waals surface area contributed by atoms with Gasteiger partial charge >= 0.3 is 0 Å². The molecule has 5 nitrogen and oxygen atoms in total. The van der Waals surface area contributed by atoms with Crippen LogP contribution >= 0.6 is 22.7 Å². The maximum Gasteiger partial charge on any atom is 0.206 e. The Labute approximate surface area is 178 Å². The molecule has 0 amide bonds.